The smallest absolute Gasteiger partial charge is 0.267 e. The maximum atomic E-state index is 12.5. The second-order valence-corrected chi connectivity index (χ2v) is 6.59. The summed E-state index contributed by atoms with van der Waals surface area (Å²) in [7, 11) is 0. The average molecular weight is 289 g/mol. The zero-order valence-electron chi connectivity index (χ0n) is 12.1. The van der Waals surface area contributed by atoms with Crippen molar-refractivity contribution in [1.29, 1.82) is 0 Å². The van der Waals surface area contributed by atoms with E-state index in [1.165, 1.54) is 16.7 Å². The van der Waals surface area contributed by atoms with Crippen LogP contribution in [0.25, 0.3) is 5.57 Å². The quantitative estimate of drug-likeness (QED) is 0.780. The first-order valence-electron chi connectivity index (χ1n) is 6.88. The number of imide groups is 1. The second-order valence-electron chi connectivity index (χ2n) is 5.00. The molecule has 2 amide bonds. The monoisotopic (exact) mass is 289 g/mol. The number of carbonyl (C=O) groups is 2. The van der Waals surface area contributed by atoms with Gasteiger partial charge in [0.2, 0.25) is 0 Å². The molecule has 3 nitrogen and oxygen atoms in total. The Morgan fingerprint density at radius 3 is 2.30 bits per heavy atom. The molecule has 0 unspecified atom stereocenters. The van der Waals surface area contributed by atoms with Crippen molar-refractivity contribution in [2.24, 2.45) is 0 Å². The minimum Gasteiger partial charge on any atom is -0.274 e. The van der Waals surface area contributed by atoms with Crippen LogP contribution in [0.1, 0.15) is 32.8 Å². The van der Waals surface area contributed by atoms with Gasteiger partial charge in [0.25, 0.3) is 11.8 Å². The van der Waals surface area contributed by atoms with Gasteiger partial charge in [0.1, 0.15) is 0 Å². The fraction of sp³-hybridized carbons (Fsp3) is 0.375. The SMILES string of the molecule is CCCN1C(=O)C(SC(C)C)=C(c2ccccc2)C1=O. The predicted molar refractivity (Wildman–Crippen MR) is 83.1 cm³/mol. The van der Waals surface area contributed by atoms with Gasteiger partial charge in [-0.1, -0.05) is 51.1 Å². The van der Waals surface area contributed by atoms with Gasteiger partial charge in [0.15, 0.2) is 0 Å². The van der Waals surface area contributed by atoms with Crippen molar-refractivity contribution in [2.75, 3.05) is 6.54 Å². The number of hydrogen-bond acceptors (Lipinski definition) is 3. The number of thioether (sulfide) groups is 1. The third kappa shape index (κ3) is 2.80. The summed E-state index contributed by atoms with van der Waals surface area (Å²) in [5.74, 6) is -0.305. The molecule has 0 aromatic heterocycles. The lowest BCUT2D eigenvalue weighted by atomic mass is 10.1. The lowest BCUT2D eigenvalue weighted by Gasteiger charge is -2.13. The molecule has 106 valence electrons. The van der Waals surface area contributed by atoms with Crippen LogP contribution < -0.4 is 0 Å². The van der Waals surface area contributed by atoms with Crippen LogP contribution >= 0.6 is 11.8 Å². The van der Waals surface area contributed by atoms with Crippen LogP contribution in [0.5, 0.6) is 0 Å². The third-order valence-corrected chi connectivity index (χ3v) is 4.07. The minimum absolute atomic E-state index is 0.144. The molecule has 20 heavy (non-hydrogen) atoms. The molecular weight excluding hydrogens is 270 g/mol. The van der Waals surface area contributed by atoms with Gasteiger partial charge in [-0.3, -0.25) is 14.5 Å². The lowest BCUT2D eigenvalue weighted by molar-refractivity contribution is -0.136. The van der Waals surface area contributed by atoms with Crippen LogP contribution in [0.3, 0.4) is 0 Å². The highest BCUT2D eigenvalue weighted by molar-refractivity contribution is 8.04. The summed E-state index contributed by atoms with van der Waals surface area (Å²) >= 11 is 1.47. The van der Waals surface area contributed by atoms with Crippen molar-refractivity contribution in [3.05, 3.63) is 40.8 Å². The Morgan fingerprint density at radius 1 is 1.10 bits per heavy atom. The van der Waals surface area contributed by atoms with Gasteiger partial charge in [-0.15, -0.1) is 11.8 Å². The van der Waals surface area contributed by atoms with Crippen LogP contribution in [0, 0.1) is 0 Å². The number of hydrogen-bond donors (Lipinski definition) is 0. The molecule has 0 fully saturated rings. The van der Waals surface area contributed by atoms with Crippen molar-refractivity contribution in [1.82, 2.24) is 4.90 Å². The fourth-order valence-corrected chi connectivity index (χ4v) is 3.19. The molecule has 0 radical (unpaired) electrons. The van der Waals surface area contributed by atoms with Gasteiger partial charge in [0, 0.05) is 11.8 Å². The van der Waals surface area contributed by atoms with Crippen molar-refractivity contribution in [2.45, 2.75) is 32.4 Å². The van der Waals surface area contributed by atoms with E-state index in [0.717, 1.165) is 12.0 Å². The number of carbonyl (C=O) groups excluding carboxylic acids is 2. The van der Waals surface area contributed by atoms with Crippen LogP contribution in [0.4, 0.5) is 0 Å². The number of benzene rings is 1. The summed E-state index contributed by atoms with van der Waals surface area (Å²) in [4.78, 5) is 26.9. The Kier molecular flexibility index (Phi) is 4.65. The highest BCUT2D eigenvalue weighted by Gasteiger charge is 2.38. The van der Waals surface area contributed by atoms with Crippen molar-refractivity contribution in [3.8, 4) is 0 Å². The van der Waals surface area contributed by atoms with Gasteiger partial charge in [0.05, 0.1) is 10.5 Å². The van der Waals surface area contributed by atoms with Gasteiger partial charge in [-0.05, 0) is 12.0 Å². The van der Waals surface area contributed by atoms with Crippen molar-refractivity contribution < 1.29 is 9.59 Å². The summed E-state index contributed by atoms with van der Waals surface area (Å²) in [6.07, 6.45) is 0.777. The largest absolute Gasteiger partial charge is 0.274 e. The highest BCUT2D eigenvalue weighted by atomic mass is 32.2. The van der Waals surface area contributed by atoms with Gasteiger partial charge in [-0.25, -0.2) is 0 Å². The van der Waals surface area contributed by atoms with Crippen LogP contribution in [0.2, 0.25) is 0 Å². The van der Waals surface area contributed by atoms with E-state index in [2.05, 4.69) is 0 Å². The molecular formula is C16H19NO2S. The molecule has 1 heterocycles. The molecule has 0 aliphatic carbocycles. The maximum Gasteiger partial charge on any atom is 0.267 e. The molecule has 0 N–H and O–H groups in total. The summed E-state index contributed by atoms with van der Waals surface area (Å²) in [5.41, 5.74) is 1.38. The molecule has 0 saturated carbocycles. The van der Waals surface area contributed by atoms with Gasteiger partial charge in [-0.2, -0.15) is 0 Å². The van der Waals surface area contributed by atoms with Crippen LogP contribution in [-0.4, -0.2) is 28.5 Å². The van der Waals surface area contributed by atoms with E-state index in [9.17, 15) is 9.59 Å². The minimum atomic E-state index is -0.161. The average Bonchev–Trinajstić information content (AvgIpc) is 2.64. The summed E-state index contributed by atoms with van der Waals surface area (Å²) in [6, 6.07) is 9.46. The standard InChI is InChI=1S/C16H19NO2S/c1-4-10-17-15(18)13(12-8-6-5-7-9-12)14(16(17)19)20-11(2)3/h5-9,11H,4,10H2,1-3H3. The number of amides is 2. The van der Waals surface area contributed by atoms with Crippen LogP contribution in [-0.2, 0) is 9.59 Å². The lowest BCUT2D eigenvalue weighted by Crippen LogP contribution is -2.32. The fourth-order valence-electron chi connectivity index (χ4n) is 2.18. The molecule has 1 aliphatic heterocycles. The van der Waals surface area contributed by atoms with Crippen LogP contribution in [0.15, 0.2) is 35.2 Å². The maximum absolute atomic E-state index is 12.5. The molecule has 0 bridgehead atoms. The first-order valence-corrected chi connectivity index (χ1v) is 7.76. The molecule has 0 saturated heterocycles. The van der Waals surface area contributed by atoms with E-state index < -0.39 is 0 Å². The van der Waals surface area contributed by atoms with Crippen molar-refractivity contribution >= 4 is 29.1 Å². The second kappa shape index (κ2) is 6.27. The molecule has 0 spiro atoms. The Bertz CT molecular complexity index is 549. The van der Waals surface area contributed by atoms with E-state index in [-0.39, 0.29) is 17.1 Å². The number of rotatable bonds is 5. The molecule has 1 aromatic rings. The Labute approximate surface area is 124 Å². The Balaban J connectivity index is 2.47. The van der Waals surface area contributed by atoms with Crippen molar-refractivity contribution in [3.63, 3.8) is 0 Å². The first-order chi connectivity index (χ1) is 9.56. The van der Waals surface area contributed by atoms with E-state index >= 15 is 0 Å². The topological polar surface area (TPSA) is 37.4 Å². The summed E-state index contributed by atoms with van der Waals surface area (Å²) in [6.45, 7) is 6.51. The molecule has 4 heteroatoms. The zero-order chi connectivity index (χ0) is 14.7. The molecule has 2 rings (SSSR count). The molecule has 0 atom stereocenters. The van der Waals surface area contributed by atoms with E-state index in [4.69, 9.17) is 0 Å². The van der Waals surface area contributed by atoms with E-state index in [1.54, 1.807) is 0 Å². The summed E-state index contributed by atoms with van der Waals surface area (Å²) < 4.78 is 0. The normalized spacial score (nSPS) is 15.7. The third-order valence-electron chi connectivity index (χ3n) is 2.99. The molecule has 1 aliphatic rings. The first kappa shape index (κ1) is 14.9. The summed E-state index contributed by atoms with van der Waals surface area (Å²) in [5, 5.41) is 0.266. The Hall–Kier alpha value is -1.55. The predicted octanol–water partition coefficient (Wildman–Crippen LogP) is 3.32. The molecule has 1 aromatic carbocycles. The van der Waals surface area contributed by atoms with Gasteiger partial charge >= 0.3 is 0 Å². The Morgan fingerprint density at radius 2 is 1.75 bits per heavy atom. The van der Waals surface area contributed by atoms with Gasteiger partial charge < -0.3 is 0 Å². The van der Waals surface area contributed by atoms with E-state index in [1.807, 2.05) is 51.1 Å². The highest BCUT2D eigenvalue weighted by Crippen LogP contribution is 2.37. The van der Waals surface area contributed by atoms with E-state index in [0.29, 0.717) is 17.0 Å². The zero-order valence-corrected chi connectivity index (χ0v) is 12.9. The number of nitrogens with zero attached hydrogens (tertiary/aromatic N) is 1.